The number of H-pyrrole nitrogens is 1. The molecule has 0 aliphatic rings. The molecule has 0 aliphatic carbocycles. The van der Waals surface area contributed by atoms with Gasteiger partial charge in [0, 0.05) is 11.5 Å². The van der Waals surface area contributed by atoms with E-state index < -0.39 is 5.82 Å². The zero-order chi connectivity index (χ0) is 11.8. The van der Waals surface area contributed by atoms with Crippen molar-refractivity contribution in [1.82, 2.24) is 15.0 Å². The highest BCUT2D eigenvalue weighted by atomic mass is 19.1. The number of nitrogens with zero attached hydrogens (tertiary/aromatic N) is 2. The lowest BCUT2D eigenvalue weighted by Gasteiger charge is -2.03. The summed E-state index contributed by atoms with van der Waals surface area (Å²) in [6.07, 6.45) is 3.18. The van der Waals surface area contributed by atoms with Crippen molar-refractivity contribution in [3.8, 4) is 17.1 Å². The molecule has 2 aromatic heterocycles. The molecule has 3 rings (SSSR count). The smallest absolute Gasteiger partial charge is 0.144 e. The summed E-state index contributed by atoms with van der Waals surface area (Å²) in [5, 5.41) is 10.2. The predicted octanol–water partition coefficient (Wildman–Crippen LogP) is 2.47. The van der Waals surface area contributed by atoms with E-state index in [-0.39, 0.29) is 5.75 Å². The molecule has 1 aromatic carbocycles. The van der Waals surface area contributed by atoms with Crippen LogP contribution in [0.2, 0.25) is 0 Å². The minimum Gasteiger partial charge on any atom is -0.506 e. The Balaban J connectivity index is 2.26. The lowest BCUT2D eigenvalue weighted by atomic mass is 10.1. The fourth-order valence-electron chi connectivity index (χ4n) is 1.73. The maximum Gasteiger partial charge on any atom is 0.144 e. The minimum absolute atomic E-state index is 0.165. The van der Waals surface area contributed by atoms with Crippen LogP contribution in [0.5, 0.6) is 5.75 Å². The van der Waals surface area contributed by atoms with Gasteiger partial charge in [-0.1, -0.05) is 6.07 Å². The summed E-state index contributed by atoms with van der Waals surface area (Å²) in [6.45, 7) is 0. The molecule has 0 spiro atoms. The Labute approximate surface area is 95.8 Å². The number of halogens is 1. The molecule has 0 aliphatic heterocycles. The molecule has 0 saturated carbocycles. The highest BCUT2D eigenvalue weighted by Crippen LogP contribution is 2.26. The van der Waals surface area contributed by atoms with Crippen molar-refractivity contribution in [2.45, 2.75) is 0 Å². The van der Waals surface area contributed by atoms with Gasteiger partial charge in [0.1, 0.15) is 17.1 Å². The van der Waals surface area contributed by atoms with Crippen molar-refractivity contribution in [1.29, 1.82) is 0 Å². The van der Waals surface area contributed by atoms with Crippen LogP contribution < -0.4 is 0 Å². The highest BCUT2D eigenvalue weighted by Gasteiger charge is 2.07. The summed E-state index contributed by atoms with van der Waals surface area (Å²) in [7, 11) is 0. The van der Waals surface area contributed by atoms with Crippen LogP contribution in [0.1, 0.15) is 0 Å². The largest absolute Gasteiger partial charge is 0.506 e. The van der Waals surface area contributed by atoms with Crippen LogP contribution in [0.4, 0.5) is 4.39 Å². The van der Waals surface area contributed by atoms with Crippen LogP contribution in [0.3, 0.4) is 0 Å². The first-order chi connectivity index (χ1) is 8.24. The van der Waals surface area contributed by atoms with Gasteiger partial charge in [-0.2, -0.15) is 0 Å². The minimum atomic E-state index is -0.480. The second-order valence-electron chi connectivity index (χ2n) is 3.66. The molecule has 2 N–H and O–H groups in total. The molecular weight excluding hydrogens is 221 g/mol. The van der Waals surface area contributed by atoms with E-state index >= 15 is 0 Å². The third kappa shape index (κ3) is 1.61. The number of hydrogen-bond acceptors (Lipinski definition) is 3. The average molecular weight is 229 g/mol. The molecule has 84 valence electrons. The number of nitrogens with one attached hydrogen (secondary N) is 1. The number of fused-ring (bicyclic) bond motifs is 1. The fourth-order valence-corrected chi connectivity index (χ4v) is 1.73. The number of hydrogen-bond donors (Lipinski definition) is 2. The SMILES string of the molecule is Oc1cc(F)cc2ccc(-c3cnc[nH]3)nc12. The van der Waals surface area contributed by atoms with Gasteiger partial charge in [-0.25, -0.2) is 14.4 Å². The van der Waals surface area contributed by atoms with E-state index in [9.17, 15) is 9.50 Å². The van der Waals surface area contributed by atoms with E-state index in [1.165, 1.54) is 6.07 Å². The van der Waals surface area contributed by atoms with Gasteiger partial charge in [0.2, 0.25) is 0 Å². The summed E-state index contributed by atoms with van der Waals surface area (Å²) in [6, 6.07) is 5.83. The van der Waals surface area contributed by atoms with Crippen molar-refractivity contribution in [3.63, 3.8) is 0 Å². The van der Waals surface area contributed by atoms with E-state index in [4.69, 9.17) is 0 Å². The van der Waals surface area contributed by atoms with Crippen LogP contribution in [-0.2, 0) is 0 Å². The number of phenols is 1. The van der Waals surface area contributed by atoms with Gasteiger partial charge < -0.3 is 10.1 Å². The van der Waals surface area contributed by atoms with Crippen molar-refractivity contribution in [3.05, 3.63) is 42.6 Å². The van der Waals surface area contributed by atoms with Crippen molar-refractivity contribution < 1.29 is 9.50 Å². The Morgan fingerprint density at radius 1 is 1.24 bits per heavy atom. The van der Waals surface area contributed by atoms with E-state index in [1.54, 1.807) is 24.7 Å². The maximum atomic E-state index is 13.1. The Morgan fingerprint density at radius 2 is 2.12 bits per heavy atom. The molecule has 17 heavy (non-hydrogen) atoms. The number of pyridine rings is 1. The van der Waals surface area contributed by atoms with Crippen molar-refractivity contribution in [2.75, 3.05) is 0 Å². The molecule has 0 bridgehead atoms. The van der Waals surface area contributed by atoms with E-state index in [0.717, 1.165) is 11.8 Å². The molecule has 4 nitrogen and oxygen atoms in total. The van der Waals surface area contributed by atoms with E-state index in [2.05, 4.69) is 15.0 Å². The molecule has 0 amide bonds. The summed E-state index contributed by atoms with van der Waals surface area (Å²) in [4.78, 5) is 11.1. The molecule has 2 heterocycles. The van der Waals surface area contributed by atoms with Gasteiger partial charge in [-0.3, -0.25) is 0 Å². The van der Waals surface area contributed by atoms with Crippen LogP contribution in [0.25, 0.3) is 22.3 Å². The zero-order valence-corrected chi connectivity index (χ0v) is 8.68. The van der Waals surface area contributed by atoms with Crippen LogP contribution in [0.15, 0.2) is 36.8 Å². The van der Waals surface area contributed by atoms with Crippen molar-refractivity contribution in [2.24, 2.45) is 0 Å². The summed E-state index contributed by atoms with van der Waals surface area (Å²) in [5.74, 6) is -0.646. The second kappa shape index (κ2) is 3.55. The molecule has 3 aromatic rings. The summed E-state index contributed by atoms with van der Waals surface area (Å²) in [5.41, 5.74) is 1.77. The molecule has 5 heteroatoms. The summed E-state index contributed by atoms with van der Waals surface area (Å²) >= 11 is 0. The average Bonchev–Trinajstić information content (AvgIpc) is 2.82. The fraction of sp³-hybridized carbons (Fsp3) is 0. The van der Waals surface area contributed by atoms with Crippen LogP contribution in [0, 0.1) is 5.82 Å². The Bertz CT molecular complexity index is 680. The second-order valence-corrected chi connectivity index (χ2v) is 3.66. The highest BCUT2D eigenvalue weighted by molar-refractivity contribution is 5.86. The lowest BCUT2D eigenvalue weighted by Crippen LogP contribution is -1.87. The van der Waals surface area contributed by atoms with Gasteiger partial charge >= 0.3 is 0 Å². The Hall–Kier alpha value is -2.43. The van der Waals surface area contributed by atoms with Gasteiger partial charge in [-0.15, -0.1) is 0 Å². The van der Waals surface area contributed by atoms with Crippen LogP contribution >= 0.6 is 0 Å². The van der Waals surface area contributed by atoms with Gasteiger partial charge in [0.15, 0.2) is 0 Å². The molecule has 0 radical (unpaired) electrons. The number of aromatic amines is 1. The van der Waals surface area contributed by atoms with Crippen molar-refractivity contribution >= 4 is 10.9 Å². The molecule has 0 saturated heterocycles. The van der Waals surface area contributed by atoms with Gasteiger partial charge in [0.25, 0.3) is 0 Å². The monoisotopic (exact) mass is 229 g/mol. The zero-order valence-electron chi connectivity index (χ0n) is 8.68. The molecular formula is C12H8FN3O. The van der Waals surface area contributed by atoms with Gasteiger partial charge in [0.05, 0.1) is 23.9 Å². The molecule has 0 unspecified atom stereocenters. The Morgan fingerprint density at radius 3 is 2.88 bits per heavy atom. The number of phenolic OH excluding ortho intramolecular Hbond substituents is 1. The molecule has 0 fully saturated rings. The topological polar surface area (TPSA) is 61.8 Å². The van der Waals surface area contributed by atoms with Gasteiger partial charge in [-0.05, 0) is 12.1 Å². The summed E-state index contributed by atoms with van der Waals surface area (Å²) < 4.78 is 13.1. The first-order valence-electron chi connectivity index (χ1n) is 5.02. The number of imidazole rings is 1. The van der Waals surface area contributed by atoms with E-state index in [1.807, 2.05) is 0 Å². The van der Waals surface area contributed by atoms with E-state index in [0.29, 0.717) is 16.6 Å². The number of rotatable bonds is 1. The predicted molar refractivity (Wildman–Crippen MR) is 60.9 cm³/mol. The normalized spacial score (nSPS) is 10.9. The number of aromatic hydroxyl groups is 1. The number of aromatic nitrogens is 3. The number of benzene rings is 1. The first kappa shape index (κ1) is 9.77. The van der Waals surface area contributed by atoms with Crippen LogP contribution in [-0.4, -0.2) is 20.1 Å². The quantitative estimate of drug-likeness (QED) is 0.673. The Kier molecular flexibility index (Phi) is 2.04. The molecule has 0 atom stereocenters. The maximum absolute atomic E-state index is 13.1. The third-order valence-electron chi connectivity index (χ3n) is 2.51. The lowest BCUT2D eigenvalue weighted by molar-refractivity contribution is 0.474. The third-order valence-corrected chi connectivity index (χ3v) is 2.51. The first-order valence-corrected chi connectivity index (χ1v) is 5.02. The standard InChI is InChI=1S/C12H8FN3O/c13-8-3-7-1-2-9(10-5-14-6-15-10)16-12(7)11(17)4-8/h1-6,17H,(H,14,15).